The van der Waals surface area contributed by atoms with Crippen LogP contribution >= 0.6 is 22.9 Å². The molecule has 0 unspecified atom stereocenters. The van der Waals surface area contributed by atoms with Gasteiger partial charge in [-0.2, -0.15) is 0 Å². The number of benzene rings is 1. The van der Waals surface area contributed by atoms with Crippen LogP contribution < -0.4 is 5.32 Å². The van der Waals surface area contributed by atoms with Gasteiger partial charge in [-0.15, -0.1) is 11.3 Å². The Morgan fingerprint density at radius 2 is 1.90 bits per heavy atom. The van der Waals surface area contributed by atoms with Crippen molar-refractivity contribution in [2.24, 2.45) is 0 Å². The summed E-state index contributed by atoms with van der Waals surface area (Å²) in [6.45, 7) is 2.07. The molecule has 0 radical (unpaired) electrons. The summed E-state index contributed by atoms with van der Waals surface area (Å²) in [4.78, 5) is 26.5. The third-order valence-corrected chi connectivity index (χ3v) is 6.30. The van der Waals surface area contributed by atoms with Gasteiger partial charge in [0.2, 0.25) is 0 Å². The summed E-state index contributed by atoms with van der Waals surface area (Å²) in [5, 5.41) is 4.02. The SMILES string of the molecule is CCOC(=O)c1c(NC(=O)c2ccc(-c3ccc(Cl)cc3)o2)sc2c1CCCC2. The Morgan fingerprint density at radius 3 is 2.66 bits per heavy atom. The Bertz CT molecular complexity index is 1050. The molecule has 2 heterocycles. The number of nitrogens with one attached hydrogen (secondary N) is 1. The molecule has 0 spiro atoms. The van der Waals surface area contributed by atoms with Gasteiger partial charge in [-0.1, -0.05) is 11.6 Å². The number of thiophene rings is 1. The van der Waals surface area contributed by atoms with Crippen LogP contribution in [0.4, 0.5) is 5.00 Å². The number of esters is 1. The van der Waals surface area contributed by atoms with Crippen molar-refractivity contribution in [3.63, 3.8) is 0 Å². The van der Waals surface area contributed by atoms with E-state index in [0.717, 1.165) is 41.7 Å². The second kappa shape index (κ2) is 8.43. The number of fused-ring (bicyclic) bond motifs is 1. The monoisotopic (exact) mass is 429 g/mol. The fourth-order valence-electron chi connectivity index (χ4n) is 3.47. The van der Waals surface area contributed by atoms with E-state index in [2.05, 4.69) is 5.32 Å². The first-order chi connectivity index (χ1) is 14.1. The number of carbonyl (C=O) groups excluding carboxylic acids is 2. The zero-order chi connectivity index (χ0) is 20.4. The predicted molar refractivity (Wildman–Crippen MR) is 114 cm³/mol. The van der Waals surface area contributed by atoms with Gasteiger partial charge in [0, 0.05) is 15.5 Å². The van der Waals surface area contributed by atoms with Crippen LogP contribution in [0.2, 0.25) is 5.02 Å². The number of amides is 1. The van der Waals surface area contributed by atoms with E-state index in [1.165, 1.54) is 11.3 Å². The zero-order valence-electron chi connectivity index (χ0n) is 15.9. The van der Waals surface area contributed by atoms with E-state index in [-0.39, 0.29) is 11.7 Å². The minimum Gasteiger partial charge on any atom is -0.462 e. The number of aryl methyl sites for hydroxylation is 1. The van der Waals surface area contributed by atoms with Crippen LogP contribution in [-0.2, 0) is 17.6 Å². The topological polar surface area (TPSA) is 68.5 Å². The number of anilines is 1. The van der Waals surface area contributed by atoms with Crippen molar-refractivity contribution in [1.82, 2.24) is 0 Å². The molecule has 1 N–H and O–H groups in total. The van der Waals surface area contributed by atoms with Gasteiger partial charge in [0.05, 0.1) is 12.2 Å². The maximum Gasteiger partial charge on any atom is 0.341 e. The number of hydrogen-bond acceptors (Lipinski definition) is 5. The molecule has 3 aromatic rings. The predicted octanol–water partition coefficient (Wildman–Crippen LogP) is 5.97. The second-order valence-electron chi connectivity index (χ2n) is 6.76. The van der Waals surface area contributed by atoms with Crippen LogP contribution in [-0.4, -0.2) is 18.5 Å². The normalized spacial score (nSPS) is 13.0. The summed E-state index contributed by atoms with van der Waals surface area (Å²) >= 11 is 7.37. The lowest BCUT2D eigenvalue weighted by atomic mass is 9.95. The minimum atomic E-state index is -0.394. The van der Waals surface area contributed by atoms with Crippen molar-refractivity contribution < 1.29 is 18.7 Å². The molecule has 0 bridgehead atoms. The van der Waals surface area contributed by atoms with Gasteiger partial charge in [-0.25, -0.2) is 4.79 Å². The molecule has 29 heavy (non-hydrogen) atoms. The van der Waals surface area contributed by atoms with Crippen LogP contribution in [0.15, 0.2) is 40.8 Å². The average Bonchev–Trinajstić information content (AvgIpc) is 3.33. The van der Waals surface area contributed by atoms with E-state index >= 15 is 0 Å². The average molecular weight is 430 g/mol. The van der Waals surface area contributed by atoms with Gasteiger partial charge < -0.3 is 14.5 Å². The molecule has 0 saturated heterocycles. The van der Waals surface area contributed by atoms with E-state index in [9.17, 15) is 9.59 Å². The number of hydrogen-bond donors (Lipinski definition) is 1. The minimum absolute atomic E-state index is 0.177. The number of ether oxygens (including phenoxy) is 1. The zero-order valence-corrected chi connectivity index (χ0v) is 17.5. The number of halogens is 1. The number of rotatable bonds is 5. The molecule has 5 nitrogen and oxygen atoms in total. The van der Waals surface area contributed by atoms with Crippen LogP contribution in [0.3, 0.4) is 0 Å². The third kappa shape index (κ3) is 4.09. The van der Waals surface area contributed by atoms with E-state index in [1.807, 2.05) is 12.1 Å². The quantitative estimate of drug-likeness (QED) is 0.507. The molecule has 150 valence electrons. The lowest BCUT2D eigenvalue weighted by molar-refractivity contribution is 0.0526. The fourth-order valence-corrected chi connectivity index (χ4v) is 4.87. The summed E-state index contributed by atoms with van der Waals surface area (Å²) < 4.78 is 11.0. The van der Waals surface area contributed by atoms with Gasteiger partial charge in [0.25, 0.3) is 5.91 Å². The summed E-state index contributed by atoms with van der Waals surface area (Å²) in [5.41, 5.74) is 2.33. The summed E-state index contributed by atoms with van der Waals surface area (Å²) in [6, 6.07) is 10.5. The van der Waals surface area contributed by atoms with Crippen molar-refractivity contribution in [2.45, 2.75) is 32.6 Å². The van der Waals surface area contributed by atoms with Crippen molar-refractivity contribution in [2.75, 3.05) is 11.9 Å². The lowest BCUT2D eigenvalue weighted by Gasteiger charge is -2.12. The summed E-state index contributed by atoms with van der Waals surface area (Å²) in [6.07, 6.45) is 3.87. The van der Waals surface area contributed by atoms with E-state index in [0.29, 0.717) is 28.0 Å². The fraction of sp³-hybridized carbons (Fsp3) is 0.273. The Morgan fingerprint density at radius 1 is 1.14 bits per heavy atom. The Kier molecular flexibility index (Phi) is 5.74. The lowest BCUT2D eigenvalue weighted by Crippen LogP contribution is -2.15. The largest absolute Gasteiger partial charge is 0.462 e. The van der Waals surface area contributed by atoms with Crippen LogP contribution in [0.5, 0.6) is 0 Å². The standard InChI is InChI=1S/C22H20ClNO4S/c1-2-27-22(26)19-15-5-3-4-6-18(15)29-21(19)24-20(25)17-12-11-16(28-17)13-7-9-14(23)10-8-13/h7-12H,2-6H2,1H3,(H,24,25). The van der Waals surface area contributed by atoms with Gasteiger partial charge in [0.1, 0.15) is 10.8 Å². The van der Waals surface area contributed by atoms with E-state index in [1.54, 1.807) is 31.2 Å². The molecule has 2 aromatic heterocycles. The molecule has 1 aromatic carbocycles. The first-order valence-corrected chi connectivity index (χ1v) is 10.7. The van der Waals surface area contributed by atoms with Crippen LogP contribution in [0, 0.1) is 0 Å². The second-order valence-corrected chi connectivity index (χ2v) is 8.30. The highest BCUT2D eigenvalue weighted by molar-refractivity contribution is 7.17. The summed E-state index contributed by atoms with van der Waals surface area (Å²) in [7, 11) is 0. The molecule has 0 saturated carbocycles. The van der Waals surface area contributed by atoms with Crippen molar-refractivity contribution in [1.29, 1.82) is 0 Å². The van der Waals surface area contributed by atoms with Gasteiger partial charge in [-0.05, 0) is 74.6 Å². The van der Waals surface area contributed by atoms with Crippen molar-refractivity contribution in [3.8, 4) is 11.3 Å². The number of furan rings is 1. The first-order valence-electron chi connectivity index (χ1n) is 9.55. The Hall–Kier alpha value is -2.57. The molecule has 0 aliphatic heterocycles. The van der Waals surface area contributed by atoms with Gasteiger partial charge in [0.15, 0.2) is 5.76 Å². The maximum atomic E-state index is 12.8. The van der Waals surface area contributed by atoms with Crippen molar-refractivity contribution in [3.05, 3.63) is 63.2 Å². The van der Waals surface area contributed by atoms with E-state index < -0.39 is 5.91 Å². The highest BCUT2D eigenvalue weighted by atomic mass is 35.5. The highest BCUT2D eigenvalue weighted by Gasteiger charge is 2.28. The van der Waals surface area contributed by atoms with Gasteiger partial charge in [-0.3, -0.25) is 4.79 Å². The molecule has 0 atom stereocenters. The summed E-state index contributed by atoms with van der Waals surface area (Å²) in [5.74, 6) is -0.0307. The van der Waals surface area contributed by atoms with Crippen LogP contribution in [0.1, 0.15) is 51.1 Å². The Labute approximate surface area is 177 Å². The molecule has 0 fully saturated rings. The number of carbonyl (C=O) groups is 2. The smallest absolute Gasteiger partial charge is 0.341 e. The molecule has 1 amide bonds. The molecule has 1 aliphatic rings. The van der Waals surface area contributed by atoms with Gasteiger partial charge >= 0.3 is 5.97 Å². The highest BCUT2D eigenvalue weighted by Crippen LogP contribution is 2.39. The third-order valence-electron chi connectivity index (χ3n) is 4.84. The van der Waals surface area contributed by atoms with Crippen molar-refractivity contribution >= 4 is 39.8 Å². The van der Waals surface area contributed by atoms with E-state index in [4.69, 9.17) is 20.8 Å². The molecule has 4 rings (SSSR count). The van der Waals surface area contributed by atoms with Crippen LogP contribution in [0.25, 0.3) is 11.3 Å². The Balaban J connectivity index is 1.59. The molecule has 7 heteroatoms. The molecular formula is C22H20ClNO4S. The maximum absolute atomic E-state index is 12.8. The molecule has 1 aliphatic carbocycles. The molecular weight excluding hydrogens is 410 g/mol. The first kappa shape index (κ1) is 19.7.